The summed E-state index contributed by atoms with van der Waals surface area (Å²) in [5, 5.41) is 9.30. The van der Waals surface area contributed by atoms with Crippen molar-refractivity contribution < 1.29 is 33.0 Å². The average Bonchev–Trinajstić information content (AvgIpc) is 4.08. The number of aromatic nitrogens is 10. The van der Waals surface area contributed by atoms with Crippen LogP contribution < -0.4 is 17.2 Å². The second-order valence-electron chi connectivity index (χ2n) is 12.7. The summed E-state index contributed by atoms with van der Waals surface area (Å²) >= 11 is 0. The third-order valence-corrected chi connectivity index (χ3v) is 8.58. The van der Waals surface area contributed by atoms with Crippen molar-refractivity contribution in [2.75, 3.05) is 45.4 Å². The number of imidazole rings is 2. The maximum Gasteiger partial charge on any atom is 0.358 e. The number of methoxy groups -OCH3 is 2. The molecule has 0 atom stereocenters. The predicted molar refractivity (Wildman–Crippen MR) is 215 cm³/mol. The topological polar surface area (TPSA) is 289 Å². The number of nitrogen functional groups attached to an aromatic ring is 2. The molecule has 304 valence electrons. The molecule has 0 fully saturated rings. The number of Topliss-reactive ketones (excluding diaryl/α,β-unsaturated/α-hetero) is 1. The van der Waals surface area contributed by atoms with Crippen molar-refractivity contribution in [2.24, 2.45) is 5.73 Å². The zero-order valence-electron chi connectivity index (χ0n) is 32.6. The van der Waals surface area contributed by atoms with E-state index in [0.29, 0.717) is 48.8 Å². The molecule has 59 heavy (non-hydrogen) atoms. The summed E-state index contributed by atoms with van der Waals surface area (Å²) in [7, 11) is 3.23. The molecule has 0 aromatic carbocycles. The molecule has 7 N–H and O–H groups in total. The van der Waals surface area contributed by atoms with Crippen LogP contribution in [0.15, 0.2) is 82.8 Å². The maximum atomic E-state index is 12.7. The van der Waals surface area contributed by atoms with Gasteiger partial charge in [0.05, 0.1) is 19.0 Å². The van der Waals surface area contributed by atoms with Gasteiger partial charge >= 0.3 is 5.97 Å². The first-order chi connectivity index (χ1) is 28.5. The third-order valence-electron chi connectivity index (χ3n) is 8.58. The quantitative estimate of drug-likeness (QED) is 0.0971. The van der Waals surface area contributed by atoms with Crippen LogP contribution >= 0.6 is 0 Å². The predicted octanol–water partition coefficient (Wildman–Crippen LogP) is 4.57. The Kier molecular flexibility index (Phi) is 13.1. The van der Waals surface area contributed by atoms with E-state index in [1.807, 2.05) is 41.0 Å². The minimum absolute atomic E-state index is 0.0456. The molecule has 0 radical (unpaired) electrons. The van der Waals surface area contributed by atoms with E-state index in [1.165, 1.54) is 24.9 Å². The standard InChI is InChI=1S/C20H20N6O3.C16H12N6O3.C3H9NO/c1-12-10-23-15-6-5-13(11-26(12)15)16-18(20-22-7-9-29-20)25-19(21)17(24-16)14(27)4-3-8-28-2;1-8-6-19-10-3-2-9(7-22(8)10)11-12(15-18-4-5-25-15)21-14(17)13(20-11)16(23)24;1-5-3-2-4/h5-7,9-11H,3-4,8H2,1-2H3,(H2,21,25);2-7H,1H3,(H2,17,21)(H,23,24);2-4H2,1H3. The number of nitrogens with two attached hydrogens (primary N) is 3. The molecular weight excluding hydrogens is 763 g/mol. The SMILES string of the molecule is COCCCC(=O)c1nc(-c2ccc3ncc(C)n3c2)c(-c2ncco2)nc1N.COCCN.Cc1cnc2ccc(-c3nc(C(=O)O)c(N)nc3-c3ncco3)cn12. The van der Waals surface area contributed by atoms with Gasteiger partial charge in [-0.3, -0.25) is 4.79 Å². The highest BCUT2D eigenvalue weighted by Crippen LogP contribution is 2.32. The van der Waals surface area contributed by atoms with Gasteiger partial charge in [0.1, 0.15) is 40.9 Å². The molecular formula is C39H41N13O7. The van der Waals surface area contributed by atoms with E-state index in [9.17, 15) is 14.7 Å². The fraction of sp³-hybridized carbons (Fsp3) is 0.231. The van der Waals surface area contributed by atoms with Crippen molar-refractivity contribution in [1.29, 1.82) is 0 Å². The van der Waals surface area contributed by atoms with Gasteiger partial charge in [-0.1, -0.05) is 0 Å². The lowest BCUT2D eigenvalue weighted by Gasteiger charge is -2.11. The van der Waals surface area contributed by atoms with E-state index >= 15 is 0 Å². The summed E-state index contributed by atoms with van der Waals surface area (Å²) in [6.45, 7) is 5.64. The molecule has 8 aromatic rings. The summed E-state index contributed by atoms with van der Waals surface area (Å²) in [5.41, 5.74) is 22.9. The number of ketones is 1. The molecule has 0 amide bonds. The molecule has 0 saturated carbocycles. The van der Waals surface area contributed by atoms with E-state index in [4.69, 9.17) is 30.8 Å². The number of oxazole rings is 2. The first-order valence-corrected chi connectivity index (χ1v) is 18.0. The van der Waals surface area contributed by atoms with Gasteiger partial charge in [0.25, 0.3) is 0 Å². The fourth-order valence-electron chi connectivity index (χ4n) is 5.74. The van der Waals surface area contributed by atoms with Gasteiger partial charge < -0.3 is 49.4 Å². The molecule has 8 heterocycles. The van der Waals surface area contributed by atoms with Crippen LogP contribution in [0.25, 0.3) is 57.0 Å². The molecule has 0 spiro atoms. The highest BCUT2D eigenvalue weighted by molar-refractivity contribution is 5.99. The average molecular weight is 804 g/mol. The highest BCUT2D eigenvalue weighted by atomic mass is 16.5. The molecule has 20 heteroatoms. The molecule has 0 bridgehead atoms. The maximum absolute atomic E-state index is 12.7. The monoisotopic (exact) mass is 803 g/mol. The summed E-state index contributed by atoms with van der Waals surface area (Å²) in [5.74, 6) is -1.13. The fourth-order valence-corrected chi connectivity index (χ4v) is 5.74. The van der Waals surface area contributed by atoms with Crippen LogP contribution in [0.4, 0.5) is 11.6 Å². The Labute approximate surface area is 336 Å². The number of carbonyl (C=O) groups is 2. The molecule has 0 unspecified atom stereocenters. The van der Waals surface area contributed by atoms with Crippen molar-refractivity contribution in [3.05, 3.63) is 96.7 Å². The lowest BCUT2D eigenvalue weighted by Crippen LogP contribution is -2.12. The smallest absolute Gasteiger partial charge is 0.358 e. The number of rotatable bonds is 12. The van der Waals surface area contributed by atoms with Crippen LogP contribution in [0.1, 0.15) is 45.2 Å². The Hall–Kier alpha value is -7.42. The Morgan fingerprint density at radius 2 is 1.19 bits per heavy atom. The third kappa shape index (κ3) is 9.25. The van der Waals surface area contributed by atoms with Crippen LogP contribution in [-0.2, 0) is 9.47 Å². The van der Waals surface area contributed by atoms with Gasteiger partial charge in [-0.05, 0) is 44.5 Å². The van der Waals surface area contributed by atoms with Crippen LogP contribution in [-0.4, -0.2) is 99.5 Å². The first kappa shape index (κ1) is 41.2. The summed E-state index contributed by atoms with van der Waals surface area (Å²) < 4.78 is 24.1. The summed E-state index contributed by atoms with van der Waals surface area (Å²) in [6, 6.07) is 7.33. The van der Waals surface area contributed by atoms with E-state index in [-0.39, 0.29) is 52.7 Å². The number of aromatic carboxylic acids is 1. The lowest BCUT2D eigenvalue weighted by atomic mass is 10.1. The number of hydrogen-bond donors (Lipinski definition) is 4. The van der Waals surface area contributed by atoms with E-state index in [1.54, 1.807) is 44.9 Å². The van der Waals surface area contributed by atoms with Gasteiger partial charge in [0, 0.05) is 81.1 Å². The Morgan fingerprint density at radius 3 is 1.61 bits per heavy atom. The van der Waals surface area contributed by atoms with Crippen LogP contribution in [0.2, 0.25) is 0 Å². The molecule has 8 aromatic heterocycles. The second kappa shape index (κ2) is 18.7. The summed E-state index contributed by atoms with van der Waals surface area (Å²) in [6.07, 6.45) is 13.9. The number of ether oxygens (including phenoxy) is 2. The highest BCUT2D eigenvalue weighted by Gasteiger charge is 2.24. The number of hydrogen-bond acceptors (Lipinski definition) is 17. The first-order valence-electron chi connectivity index (χ1n) is 18.0. The van der Waals surface area contributed by atoms with Crippen molar-refractivity contribution >= 4 is 34.7 Å². The van der Waals surface area contributed by atoms with Crippen molar-refractivity contribution in [1.82, 2.24) is 48.7 Å². The molecule has 8 rings (SSSR count). The minimum Gasteiger partial charge on any atom is -0.476 e. The Balaban J connectivity index is 0.000000180. The molecule has 0 aliphatic heterocycles. The zero-order valence-corrected chi connectivity index (χ0v) is 32.6. The number of pyridine rings is 2. The van der Waals surface area contributed by atoms with E-state index in [2.05, 4.69) is 44.6 Å². The van der Waals surface area contributed by atoms with Gasteiger partial charge in [-0.2, -0.15) is 0 Å². The van der Waals surface area contributed by atoms with Gasteiger partial charge in [-0.25, -0.2) is 44.7 Å². The van der Waals surface area contributed by atoms with E-state index in [0.717, 1.165) is 28.2 Å². The zero-order chi connectivity index (χ0) is 42.1. The second-order valence-corrected chi connectivity index (χ2v) is 12.7. The lowest BCUT2D eigenvalue weighted by molar-refractivity contribution is 0.0691. The minimum atomic E-state index is -1.26. The number of carboxylic acid groups (broad SMARTS) is 1. The van der Waals surface area contributed by atoms with Gasteiger partial charge in [0.2, 0.25) is 11.8 Å². The summed E-state index contributed by atoms with van der Waals surface area (Å²) in [4.78, 5) is 58.2. The van der Waals surface area contributed by atoms with Gasteiger partial charge in [0.15, 0.2) is 34.5 Å². The van der Waals surface area contributed by atoms with Crippen molar-refractivity contribution in [3.63, 3.8) is 0 Å². The molecule has 20 nitrogen and oxygen atoms in total. The largest absolute Gasteiger partial charge is 0.476 e. The van der Waals surface area contributed by atoms with Crippen LogP contribution in [0.3, 0.4) is 0 Å². The number of fused-ring (bicyclic) bond motifs is 2. The van der Waals surface area contributed by atoms with Crippen molar-refractivity contribution in [2.45, 2.75) is 26.7 Å². The Bertz CT molecular complexity index is 2690. The molecule has 0 saturated heterocycles. The number of anilines is 2. The normalized spacial score (nSPS) is 10.9. The van der Waals surface area contributed by atoms with Crippen LogP contribution in [0.5, 0.6) is 0 Å². The van der Waals surface area contributed by atoms with Crippen molar-refractivity contribution in [3.8, 4) is 45.7 Å². The van der Waals surface area contributed by atoms with Gasteiger partial charge in [-0.15, -0.1) is 0 Å². The molecule has 0 aliphatic carbocycles. The number of nitrogens with zero attached hydrogens (tertiary/aromatic N) is 10. The van der Waals surface area contributed by atoms with Crippen LogP contribution in [0, 0.1) is 13.8 Å². The Morgan fingerprint density at radius 1 is 0.695 bits per heavy atom. The number of carboxylic acids is 1. The number of carbonyl (C=O) groups excluding carboxylic acids is 1. The molecule has 0 aliphatic rings. The van der Waals surface area contributed by atoms with E-state index < -0.39 is 5.97 Å². The number of aryl methyl sites for hydroxylation is 2.